The van der Waals surface area contributed by atoms with Crippen molar-refractivity contribution in [3.05, 3.63) is 54.1 Å². The predicted octanol–water partition coefficient (Wildman–Crippen LogP) is 3.58. The number of benzene rings is 2. The van der Waals surface area contributed by atoms with Gasteiger partial charge in [-0.3, -0.25) is 9.69 Å². The molecular weight excluding hydrogens is 284 g/mol. The SMILES string of the molecule is COc1ccccc1C(=O)N(C)c1nc2ccccc2s1. The van der Waals surface area contributed by atoms with Gasteiger partial charge in [0.25, 0.3) is 5.91 Å². The number of thiazole rings is 1. The summed E-state index contributed by atoms with van der Waals surface area (Å²) in [4.78, 5) is 18.7. The molecule has 3 rings (SSSR count). The molecule has 0 radical (unpaired) electrons. The molecule has 5 heteroatoms. The highest BCUT2D eigenvalue weighted by molar-refractivity contribution is 7.22. The highest BCUT2D eigenvalue weighted by Crippen LogP contribution is 2.29. The van der Waals surface area contributed by atoms with Gasteiger partial charge in [-0.25, -0.2) is 4.98 Å². The molecule has 21 heavy (non-hydrogen) atoms. The Morgan fingerprint density at radius 1 is 1.14 bits per heavy atom. The molecule has 0 aliphatic carbocycles. The second kappa shape index (κ2) is 5.54. The molecule has 2 aromatic carbocycles. The summed E-state index contributed by atoms with van der Waals surface area (Å²) >= 11 is 1.49. The molecule has 0 saturated carbocycles. The van der Waals surface area contributed by atoms with E-state index in [0.29, 0.717) is 16.4 Å². The van der Waals surface area contributed by atoms with Crippen molar-refractivity contribution >= 4 is 32.6 Å². The number of hydrogen-bond acceptors (Lipinski definition) is 4. The first-order chi connectivity index (χ1) is 10.2. The van der Waals surface area contributed by atoms with Gasteiger partial charge in [-0.1, -0.05) is 35.6 Å². The molecule has 0 spiro atoms. The molecule has 0 atom stereocenters. The molecule has 0 aliphatic heterocycles. The van der Waals surface area contributed by atoms with E-state index in [-0.39, 0.29) is 5.91 Å². The van der Waals surface area contributed by atoms with Gasteiger partial charge in [0.1, 0.15) is 5.75 Å². The average Bonchev–Trinajstić information content (AvgIpc) is 2.97. The van der Waals surface area contributed by atoms with Gasteiger partial charge < -0.3 is 4.74 Å². The fourth-order valence-corrected chi connectivity index (χ4v) is 3.02. The Bertz CT molecular complexity index is 765. The van der Waals surface area contributed by atoms with Crippen LogP contribution >= 0.6 is 11.3 Å². The van der Waals surface area contributed by atoms with Crippen molar-refractivity contribution in [3.8, 4) is 5.75 Å². The van der Waals surface area contributed by atoms with E-state index in [1.807, 2.05) is 36.4 Å². The van der Waals surface area contributed by atoms with Crippen LogP contribution in [0.5, 0.6) is 5.75 Å². The maximum Gasteiger partial charge on any atom is 0.263 e. The van der Waals surface area contributed by atoms with Crippen molar-refractivity contribution in [2.45, 2.75) is 0 Å². The summed E-state index contributed by atoms with van der Waals surface area (Å²) in [6.07, 6.45) is 0. The Balaban J connectivity index is 1.97. The Hall–Kier alpha value is -2.40. The zero-order chi connectivity index (χ0) is 14.8. The third-order valence-corrected chi connectivity index (χ3v) is 4.32. The highest BCUT2D eigenvalue weighted by Gasteiger charge is 2.20. The van der Waals surface area contributed by atoms with Crippen LogP contribution in [-0.2, 0) is 0 Å². The van der Waals surface area contributed by atoms with E-state index in [1.54, 1.807) is 31.2 Å². The second-order valence-corrected chi connectivity index (χ2v) is 5.54. The fraction of sp³-hybridized carbons (Fsp3) is 0.125. The monoisotopic (exact) mass is 298 g/mol. The van der Waals surface area contributed by atoms with Crippen LogP contribution in [0.2, 0.25) is 0 Å². The zero-order valence-corrected chi connectivity index (χ0v) is 12.6. The largest absolute Gasteiger partial charge is 0.496 e. The number of amides is 1. The lowest BCUT2D eigenvalue weighted by atomic mass is 10.2. The normalized spacial score (nSPS) is 10.6. The van der Waals surface area contributed by atoms with Crippen LogP contribution < -0.4 is 9.64 Å². The summed E-state index contributed by atoms with van der Waals surface area (Å²) in [5, 5.41) is 0.673. The number of para-hydroxylation sites is 2. The standard InChI is InChI=1S/C16H14N2O2S/c1-18(15(19)11-7-3-5-9-13(11)20-2)16-17-12-8-4-6-10-14(12)21-16/h3-10H,1-2H3. The molecule has 0 saturated heterocycles. The summed E-state index contributed by atoms with van der Waals surface area (Å²) < 4.78 is 6.31. The van der Waals surface area contributed by atoms with Gasteiger partial charge in [0.2, 0.25) is 0 Å². The third kappa shape index (κ3) is 2.48. The quantitative estimate of drug-likeness (QED) is 0.742. The Morgan fingerprint density at radius 2 is 1.86 bits per heavy atom. The van der Waals surface area contributed by atoms with Gasteiger partial charge >= 0.3 is 0 Å². The Kier molecular flexibility index (Phi) is 3.58. The average molecular weight is 298 g/mol. The van der Waals surface area contributed by atoms with Gasteiger partial charge in [-0.15, -0.1) is 0 Å². The van der Waals surface area contributed by atoms with E-state index < -0.39 is 0 Å². The zero-order valence-electron chi connectivity index (χ0n) is 11.7. The molecular formula is C16H14N2O2S. The van der Waals surface area contributed by atoms with E-state index in [2.05, 4.69) is 4.98 Å². The number of carbonyl (C=O) groups is 1. The topological polar surface area (TPSA) is 42.4 Å². The minimum Gasteiger partial charge on any atom is -0.496 e. The van der Waals surface area contributed by atoms with Crippen molar-refractivity contribution in [2.24, 2.45) is 0 Å². The van der Waals surface area contributed by atoms with Crippen LogP contribution in [0.1, 0.15) is 10.4 Å². The van der Waals surface area contributed by atoms with E-state index in [4.69, 9.17) is 4.74 Å². The number of aromatic nitrogens is 1. The lowest BCUT2D eigenvalue weighted by Crippen LogP contribution is -2.26. The molecule has 0 unspecified atom stereocenters. The summed E-state index contributed by atoms with van der Waals surface area (Å²) in [6.45, 7) is 0. The van der Waals surface area contributed by atoms with Gasteiger partial charge in [0.05, 0.1) is 22.9 Å². The number of methoxy groups -OCH3 is 1. The van der Waals surface area contributed by atoms with Gasteiger partial charge in [0, 0.05) is 7.05 Å². The number of rotatable bonds is 3. The van der Waals surface area contributed by atoms with E-state index >= 15 is 0 Å². The van der Waals surface area contributed by atoms with Crippen LogP contribution in [0.4, 0.5) is 5.13 Å². The number of carbonyl (C=O) groups excluding carboxylic acids is 1. The van der Waals surface area contributed by atoms with Gasteiger partial charge in [-0.05, 0) is 24.3 Å². The molecule has 0 fully saturated rings. The maximum absolute atomic E-state index is 12.6. The molecule has 1 heterocycles. The number of ether oxygens (including phenoxy) is 1. The minimum absolute atomic E-state index is 0.133. The van der Waals surface area contributed by atoms with Crippen molar-refractivity contribution in [2.75, 3.05) is 19.1 Å². The lowest BCUT2D eigenvalue weighted by Gasteiger charge is -2.15. The van der Waals surface area contributed by atoms with Crippen LogP contribution in [-0.4, -0.2) is 25.0 Å². The lowest BCUT2D eigenvalue weighted by molar-refractivity contribution is 0.0990. The third-order valence-electron chi connectivity index (χ3n) is 3.21. The minimum atomic E-state index is -0.133. The molecule has 1 aromatic heterocycles. The molecule has 4 nitrogen and oxygen atoms in total. The number of anilines is 1. The molecule has 1 amide bonds. The Labute approximate surface area is 126 Å². The summed E-state index contributed by atoms with van der Waals surface area (Å²) in [6, 6.07) is 15.0. The Morgan fingerprint density at radius 3 is 2.62 bits per heavy atom. The van der Waals surface area contributed by atoms with Crippen molar-refractivity contribution < 1.29 is 9.53 Å². The number of hydrogen-bond donors (Lipinski definition) is 0. The molecule has 3 aromatic rings. The van der Waals surface area contributed by atoms with E-state index in [0.717, 1.165) is 10.2 Å². The smallest absolute Gasteiger partial charge is 0.263 e. The molecule has 0 bridgehead atoms. The van der Waals surface area contributed by atoms with Crippen LogP contribution in [0.15, 0.2) is 48.5 Å². The van der Waals surface area contributed by atoms with Crippen molar-refractivity contribution in [3.63, 3.8) is 0 Å². The number of fused-ring (bicyclic) bond motifs is 1. The summed E-state index contributed by atoms with van der Waals surface area (Å²) in [5.41, 5.74) is 1.43. The van der Waals surface area contributed by atoms with Crippen molar-refractivity contribution in [1.29, 1.82) is 0 Å². The van der Waals surface area contributed by atoms with Gasteiger partial charge in [0.15, 0.2) is 5.13 Å². The first-order valence-corrected chi connectivity index (χ1v) is 7.29. The van der Waals surface area contributed by atoms with E-state index in [9.17, 15) is 4.79 Å². The summed E-state index contributed by atoms with van der Waals surface area (Å²) in [7, 11) is 3.29. The van der Waals surface area contributed by atoms with Crippen LogP contribution in [0.3, 0.4) is 0 Å². The van der Waals surface area contributed by atoms with E-state index in [1.165, 1.54) is 11.3 Å². The highest BCUT2D eigenvalue weighted by atomic mass is 32.1. The first-order valence-electron chi connectivity index (χ1n) is 6.47. The second-order valence-electron chi connectivity index (χ2n) is 4.53. The van der Waals surface area contributed by atoms with Crippen LogP contribution in [0.25, 0.3) is 10.2 Å². The summed E-state index contributed by atoms with van der Waals surface area (Å²) in [5.74, 6) is 0.432. The number of nitrogens with zero attached hydrogens (tertiary/aromatic N) is 2. The van der Waals surface area contributed by atoms with Gasteiger partial charge in [-0.2, -0.15) is 0 Å². The van der Waals surface area contributed by atoms with Crippen LogP contribution in [0, 0.1) is 0 Å². The van der Waals surface area contributed by atoms with Crippen molar-refractivity contribution in [1.82, 2.24) is 4.98 Å². The molecule has 0 aliphatic rings. The predicted molar refractivity (Wildman–Crippen MR) is 85.3 cm³/mol. The molecule has 106 valence electrons. The maximum atomic E-state index is 12.6. The first kappa shape index (κ1) is 13.6. The molecule has 0 N–H and O–H groups in total. The fourth-order valence-electron chi connectivity index (χ4n) is 2.09.